The van der Waals surface area contributed by atoms with Gasteiger partial charge in [0, 0.05) is 30.9 Å². The lowest BCUT2D eigenvalue weighted by molar-refractivity contribution is 0.0572. The van der Waals surface area contributed by atoms with Gasteiger partial charge in [-0.25, -0.2) is 0 Å². The molecule has 1 aliphatic heterocycles. The molecule has 0 bridgehead atoms. The number of β-amino-alcohol motifs (C(OH)–C–C–N with tert-alkyl or cyclic N) is 2. The molecule has 2 atom stereocenters. The van der Waals surface area contributed by atoms with E-state index in [1.807, 2.05) is 17.0 Å². The average Bonchev–Trinajstić information content (AvgIpc) is 2.67. The molecule has 1 aromatic rings. The van der Waals surface area contributed by atoms with Gasteiger partial charge in [0.25, 0.3) is 0 Å². The molecule has 0 aromatic heterocycles. The molecule has 2 rings (SSSR count). The van der Waals surface area contributed by atoms with Gasteiger partial charge in [0.05, 0.1) is 12.2 Å². The van der Waals surface area contributed by atoms with E-state index in [2.05, 4.69) is 38.2 Å². The highest BCUT2D eigenvalue weighted by Gasteiger charge is 2.29. The lowest BCUT2D eigenvalue weighted by Crippen LogP contribution is -2.35. The van der Waals surface area contributed by atoms with Crippen LogP contribution in [-0.4, -0.2) is 41.0 Å². The monoisotopic (exact) mass is 264 g/mol. The average molecular weight is 264 g/mol. The first-order chi connectivity index (χ1) is 8.85. The maximum absolute atomic E-state index is 9.56. The summed E-state index contributed by atoms with van der Waals surface area (Å²) in [5, 5.41) is 22.6. The van der Waals surface area contributed by atoms with Crippen molar-refractivity contribution in [1.29, 1.82) is 0 Å². The standard InChI is InChI=1S/C15H24N2O2/c1-15(2,3)16-8-11-4-6-12(7-5-11)17-9-13(18)14(19)10-17/h4-7,13-14,16,18-19H,8-10H2,1-3H3. The highest BCUT2D eigenvalue weighted by atomic mass is 16.3. The van der Waals surface area contributed by atoms with E-state index in [-0.39, 0.29) is 5.54 Å². The minimum absolute atomic E-state index is 0.113. The van der Waals surface area contributed by atoms with Crippen LogP contribution >= 0.6 is 0 Å². The summed E-state index contributed by atoms with van der Waals surface area (Å²) in [6.45, 7) is 8.29. The van der Waals surface area contributed by atoms with Gasteiger partial charge in [-0.3, -0.25) is 0 Å². The van der Waals surface area contributed by atoms with Crippen molar-refractivity contribution in [3.63, 3.8) is 0 Å². The van der Waals surface area contributed by atoms with Crippen molar-refractivity contribution in [2.75, 3.05) is 18.0 Å². The fourth-order valence-electron chi connectivity index (χ4n) is 2.17. The van der Waals surface area contributed by atoms with Crippen LogP contribution in [0.3, 0.4) is 0 Å². The molecule has 4 nitrogen and oxygen atoms in total. The van der Waals surface area contributed by atoms with E-state index in [9.17, 15) is 10.2 Å². The molecule has 1 heterocycles. The van der Waals surface area contributed by atoms with Crippen molar-refractivity contribution in [2.45, 2.75) is 45.1 Å². The van der Waals surface area contributed by atoms with E-state index < -0.39 is 12.2 Å². The molecule has 0 saturated carbocycles. The minimum Gasteiger partial charge on any atom is -0.389 e. The van der Waals surface area contributed by atoms with Crippen LogP contribution in [0.2, 0.25) is 0 Å². The largest absolute Gasteiger partial charge is 0.389 e. The highest BCUT2D eigenvalue weighted by Crippen LogP contribution is 2.21. The summed E-state index contributed by atoms with van der Waals surface area (Å²) in [4.78, 5) is 2.01. The second-order valence-corrected chi connectivity index (χ2v) is 6.31. The van der Waals surface area contributed by atoms with Gasteiger partial charge in [0.2, 0.25) is 0 Å². The molecule has 1 aromatic carbocycles. The molecule has 3 N–H and O–H groups in total. The van der Waals surface area contributed by atoms with Crippen LogP contribution in [0.1, 0.15) is 26.3 Å². The van der Waals surface area contributed by atoms with Gasteiger partial charge in [-0.15, -0.1) is 0 Å². The summed E-state index contributed by atoms with van der Waals surface area (Å²) < 4.78 is 0. The molecule has 106 valence electrons. The van der Waals surface area contributed by atoms with Crippen LogP contribution in [-0.2, 0) is 6.54 Å². The normalized spacial score (nSPS) is 23.9. The van der Waals surface area contributed by atoms with Crippen molar-refractivity contribution in [3.8, 4) is 0 Å². The number of hydrogen-bond donors (Lipinski definition) is 3. The smallest absolute Gasteiger partial charge is 0.0990 e. The molecule has 0 aliphatic carbocycles. The molecule has 1 aliphatic rings. The van der Waals surface area contributed by atoms with Gasteiger partial charge >= 0.3 is 0 Å². The van der Waals surface area contributed by atoms with Crippen molar-refractivity contribution in [2.24, 2.45) is 0 Å². The second-order valence-electron chi connectivity index (χ2n) is 6.31. The Hall–Kier alpha value is -1.10. The zero-order valence-electron chi connectivity index (χ0n) is 11.9. The Morgan fingerprint density at radius 2 is 1.63 bits per heavy atom. The molecule has 19 heavy (non-hydrogen) atoms. The number of benzene rings is 1. The van der Waals surface area contributed by atoms with Crippen molar-refractivity contribution in [1.82, 2.24) is 5.32 Å². The maximum Gasteiger partial charge on any atom is 0.0990 e. The van der Waals surface area contributed by atoms with Crippen LogP contribution in [0.15, 0.2) is 24.3 Å². The zero-order chi connectivity index (χ0) is 14.0. The Morgan fingerprint density at radius 3 is 2.11 bits per heavy atom. The molecule has 2 unspecified atom stereocenters. The maximum atomic E-state index is 9.56. The first kappa shape index (κ1) is 14.3. The third-order valence-electron chi connectivity index (χ3n) is 3.38. The fraction of sp³-hybridized carbons (Fsp3) is 0.600. The molecular weight excluding hydrogens is 240 g/mol. The van der Waals surface area contributed by atoms with Crippen molar-refractivity contribution in [3.05, 3.63) is 29.8 Å². The molecular formula is C15H24N2O2. The molecule has 1 saturated heterocycles. The molecule has 4 heteroatoms. The lowest BCUT2D eigenvalue weighted by Gasteiger charge is -2.21. The van der Waals surface area contributed by atoms with Crippen molar-refractivity contribution >= 4 is 5.69 Å². The predicted octanol–water partition coefficient (Wildman–Crippen LogP) is 1.12. The van der Waals surface area contributed by atoms with Gasteiger partial charge in [-0.05, 0) is 38.5 Å². The van der Waals surface area contributed by atoms with E-state index in [0.29, 0.717) is 13.1 Å². The number of rotatable bonds is 3. The number of nitrogens with zero attached hydrogens (tertiary/aromatic N) is 1. The van der Waals surface area contributed by atoms with Crippen LogP contribution in [0.25, 0.3) is 0 Å². The zero-order valence-corrected chi connectivity index (χ0v) is 11.9. The second kappa shape index (κ2) is 5.49. The molecule has 0 amide bonds. The van der Waals surface area contributed by atoms with Crippen LogP contribution in [0.4, 0.5) is 5.69 Å². The first-order valence-corrected chi connectivity index (χ1v) is 6.80. The first-order valence-electron chi connectivity index (χ1n) is 6.80. The van der Waals surface area contributed by atoms with Crippen LogP contribution in [0.5, 0.6) is 0 Å². The summed E-state index contributed by atoms with van der Waals surface area (Å²) >= 11 is 0. The quantitative estimate of drug-likeness (QED) is 0.766. The number of aliphatic hydroxyl groups is 2. The van der Waals surface area contributed by atoms with E-state index in [0.717, 1.165) is 12.2 Å². The van der Waals surface area contributed by atoms with E-state index in [1.54, 1.807) is 0 Å². The summed E-state index contributed by atoms with van der Waals surface area (Å²) in [5.74, 6) is 0. The molecule has 0 spiro atoms. The third-order valence-corrected chi connectivity index (χ3v) is 3.38. The number of aliphatic hydroxyl groups excluding tert-OH is 2. The minimum atomic E-state index is -0.637. The van der Waals surface area contributed by atoms with Crippen LogP contribution in [0, 0.1) is 0 Å². The van der Waals surface area contributed by atoms with Gasteiger partial charge in [0.15, 0.2) is 0 Å². The Bertz CT molecular complexity index is 401. The predicted molar refractivity (Wildman–Crippen MR) is 77.3 cm³/mol. The molecule has 1 fully saturated rings. The Kier molecular flexibility index (Phi) is 4.13. The van der Waals surface area contributed by atoms with Gasteiger partial charge in [-0.2, -0.15) is 0 Å². The summed E-state index contributed by atoms with van der Waals surface area (Å²) in [7, 11) is 0. The van der Waals surface area contributed by atoms with E-state index >= 15 is 0 Å². The summed E-state index contributed by atoms with van der Waals surface area (Å²) in [6, 6.07) is 8.27. The fourth-order valence-corrected chi connectivity index (χ4v) is 2.17. The van der Waals surface area contributed by atoms with Gasteiger partial charge in [-0.1, -0.05) is 12.1 Å². The number of nitrogens with one attached hydrogen (secondary N) is 1. The summed E-state index contributed by atoms with van der Waals surface area (Å²) in [5.41, 5.74) is 2.40. The lowest BCUT2D eigenvalue weighted by atomic mass is 10.1. The number of anilines is 1. The van der Waals surface area contributed by atoms with Gasteiger partial charge in [0.1, 0.15) is 0 Å². The van der Waals surface area contributed by atoms with Gasteiger partial charge < -0.3 is 20.4 Å². The highest BCUT2D eigenvalue weighted by molar-refractivity contribution is 5.49. The van der Waals surface area contributed by atoms with Crippen molar-refractivity contribution < 1.29 is 10.2 Å². The van der Waals surface area contributed by atoms with E-state index in [4.69, 9.17) is 0 Å². The Morgan fingerprint density at radius 1 is 1.11 bits per heavy atom. The SMILES string of the molecule is CC(C)(C)NCc1ccc(N2CC(O)C(O)C2)cc1. The Labute approximate surface area is 115 Å². The van der Waals surface area contributed by atoms with E-state index in [1.165, 1.54) is 5.56 Å². The van der Waals surface area contributed by atoms with Crippen LogP contribution < -0.4 is 10.2 Å². The summed E-state index contributed by atoms with van der Waals surface area (Å²) in [6.07, 6.45) is -1.27. The molecule has 0 radical (unpaired) electrons. The Balaban J connectivity index is 1.95. The third kappa shape index (κ3) is 3.93. The number of hydrogen-bond acceptors (Lipinski definition) is 4. The topological polar surface area (TPSA) is 55.7 Å².